The zero-order valence-corrected chi connectivity index (χ0v) is 11.6. The lowest BCUT2D eigenvalue weighted by atomic mass is 10.1. The number of amides is 1. The fourth-order valence-electron chi connectivity index (χ4n) is 2.28. The third-order valence-electron chi connectivity index (χ3n) is 3.30. The summed E-state index contributed by atoms with van der Waals surface area (Å²) < 4.78 is 32.7. The van der Waals surface area contributed by atoms with Crippen molar-refractivity contribution in [1.29, 1.82) is 0 Å². The Bertz CT molecular complexity index is 520. The number of anilines is 1. The molecule has 1 amide bonds. The molecule has 114 valence electrons. The first-order valence-corrected chi connectivity index (χ1v) is 6.67. The normalized spacial score (nSPS) is 15.0. The van der Waals surface area contributed by atoms with Crippen molar-refractivity contribution in [2.45, 2.75) is 6.92 Å². The summed E-state index contributed by atoms with van der Waals surface area (Å²) in [5, 5.41) is 0. The Morgan fingerprint density at radius 3 is 2.29 bits per heavy atom. The Morgan fingerprint density at radius 1 is 1.24 bits per heavy atom. The average Bonchev–Trinajstić information content (AvgIpc) is 2.47. The molecule has 5 nitrogen and oxygen atoms in total. The van der Waals surface area contributed by atoms with Crippen LogP contribution in [0.1, 0.15) is 17.3 Å². The van der Waals surface area contributed by atoms with Crippen LogP contribution in [0.25, 0.3) is 0 Å². The highest BCUT2D eigenvalue weighted by Crippen LogP contribution is 2.25. The predicted molar refractivity (Wildman–Crippen MR) is 72.6 cm³/mol. The van der Waals surface area contributed by atoms with Gasteiger partial charge in [-0.2, -0.15) is 0 Å². The Balaban J connectivity index is 2.09. The molecule has 0 spiro atoms. The van der Waals surface area contributed by atoms with Gasteiger partial charge in [0.2, 0.25) is 0 Å². The maximum Gasteiger partial charge on any atom is 0.409 e. The molecule has 1 heterocycles. The van der Waals surface area contributed by atoms with Gasteiger partial charge in [-0.3, -0.25) is 4.79 Å². The molecule has 0 radical (unpaired) electrons. The number of hydrogen-bond acceptors (Lipinski definition) is 4. The Morgan fingerprint density at radius 2 is 1.81 bits per heavy atom. The maximum atomic E-state index is 13.9. The molecule has 1 aliphatic rings. The molecule has 1 saturated heterocycles. The fourth-order valence-corrected chi connectivity index (χ4v) is 2.28. The summed E-state index contributed by atoms with van der Waals surface area (Å²) in [5.41, 5.74) is -0.206. The topological polar surface area (TPSA) is 49.9 Å². The molecule has 0 N–H and O–H groups in total. The number of rotatable bonds is 3. The SMILES string of the molecule is CCOC(=O)N1CCN(c2c(F)cc(C=O)cc2F)CC1. The van der Waals surface area contributed by atoms with Gasteiger partial charge in [0.1, 0.15) is 23.6 Å². The van der Waals surface area contributed by atoms with Crippen LogP contribution in [-0.4, -0.2) is 50.1 Å². The van der Waals surface area contributed by atoms with E-state index in [9.17, 15) is 18.4 Å². The first kappa shape index (κ1) is 15.2. The van der Waals surface area contributed by atoms with Crippen LogP contribution in [0.2, 0.25) is 0 Å². The molecule has 0 bridgehead atoms. The first-order chi connectivity index (χ1) is 10.1. The zero-order chi connectivity index (χ0) is 15.4. The van der Waals surface area contributed by atoms with Gasteiger partial charge in [0, 0.05) is 31.7 Å². The molecule has 2 rings (SSSR count). The molecule has 1 aliphatic heterocycles. The molecule has 0 aliphatic carbocycles. The van der Waals surface area contributed by atoms with Gasteiger partial charge in [0.25, 0.3) is 0 Å². The average molecular weight is 298 g/mol. The third kappa shape index (κ3) is 3.29. The van der Waals surface area contributed by atoms with E-state index in [0.29, 0.717) is 32.5 Å². The van der Waals surface area contributed by atoms with E-state index in [1.54, 1.807) is 6.92 Å². The second-order valence-corrected chi connectivity index (χ2v) is 4.62. The standard InChI is InChI=1S/C14H16F2N2O3/c1-2-21-14(20)18-5-3-17(4-6-18)13-11(15)7-10(9-19)8-12(13)16/h7-9H,2-6H2,1H3. The van der Waals surface area contributed by atoms with E-state index in [-0.39, 0.29) is 17.9 Å². The monoisotopic (exact) mass is 298 g/mol. The van der Waals surface area contributed by atoms with E-state index >= 15 is 0 Å². The summed E-state index contributed by atoms with van der Waals surface area (Å²) >= 11 is 0. The van der Waals surface area contributed by atoms with Gasteiger partial charge in [-0.1, -0.05) is 0 Å². The molecule has 0 atom stereocenters. The van der Waals surface area contributed by atoms with Gasteiger partial charge in [0.05, 0.1) is 6.61 Å². The number of carbonyl (C=O) groups is 2. The molecule has 7 heteroatoms. The number of piperazine rings is 1. The predicted octanol–water partition coefficient (Wildman–Crippen LogP) is 2.06. The quantitative estimate of drug-likeness (QED) is 0.802. The van der Waals surface area contributed by atoms with Gasteiger partial charge in [-0.25, -0.2) is 13.6 Å². The smallest absolute Gasteiger partial charge is 0.409 e. The van der Waals surface area contributed by atoms with Crippen molar-refractivity contribution in [1.82, 2.24) is 4.90 Å². The highest BCUT2D eigenvalue weighted by molar-refractivity contribution is 5.76. The number of aldehydes is 1. The molecule has 21 heavy (non-hydrogen) atoms. The maximum absolute atomic E-state index is 13.9. The number of carbonyl (C=O) groups excluding carboxylic acids is 2. The van der Waals surface area contributed by atoms with Crippen LogP contribution < -0.4 is 4.90 Å². The Kier molecular flexibility index (Phi) is 4.72. The highest BCUT2D eigenvalue weighted by Gasteiger charge is 2.25. The lowest BCUT2D eigenvalue weighted by Crippen LogP contribution is -2.49. The second kappa shape index (κ2) is 6.51. The minimum absolute atomic E-state index is 0.0427. The Hall–Kier alpha value is -2.18. The Labute approximate surface area is 121 Å². The summed E-state index contributed by atoms with van der Waals surface area (Å²) in [4.78, 5) is 25.1. The molecule has 0 unspecified atom stereocenters. The van der Waals surface area contributed by atoms with E-state index in [1.165, 1.54) is 9.80 Å². The van der Waals surface area contributed by atoms with E-state index in [4.69, 9.17) is 4.74 Å². The van der Waals surface area contributed by atoms with Crippen LogP contribution in [-0.2, 0) is 4.74 Å². The lowest BCUT2D eigenvalue weighted by Gasteiger charge is -2.35. The van der Waals surface area contributed by atoms with Crippen LogP contribution in [0.4, 0.5) is 19.3 Å². The summed E-state index contributed by atoms with van der Waals surface area (Å²) in [6.45, 7) is 3.25. The van der Waals surface area contributed by atoms with Crippen molar-refractivity contribution < 1.29 is 23.1 Å². The summed E-state index contributed by atoms with van der Waals surface area (Å²) in [5.74, 6) is -1.55. The van der Waals surface area contributed by atoms with Crippen molar-refractivity contribution in [3.63, 3.8) is 0 Å². The third-order valence-corrected chi connectivity index (χ3v) is 3.30. The van der Waals surface area contributed by atoms with Gasteiger partial charge < -0.3 is 14.5 Å². The number of ether oxygens (including phenoxy) is 1. The van der Waals surface area contributed by atoms with Gasteiger partial charge in [-0.05, 0) is 19.1 Å². The number of halogens is 2. The van der Waals surface area contributed by atoms with Crippen molar-refractivity contribution >= 4 is 18.1 Å². The van der Waals surface area contributed by atoms with E-state index in [2.05, 4.69) is 0 Å². The minimum Gasteiger partial charge on any atom is -0.450 e. The molecule has 1 aromatic carbocycles. The van der Waals surface area contributed by atoms with E-state index in [0.717, 1.165) is 12.1 Å². The molecular weight excluding hydrogens is 282 g/mol. The molecule has 0 saturated carbocycles. The van der Waals surface area contributed by atoms with E-state index in [1.807, 2.05) is 0 Å². The zero-order valence-electron chi connectivity index (χ0n) is 11.6. The van der Waals surface area contributed by atoms with Crippen LogP contribution >= 0.6 is 0 Å². The second-order valence-electron chi connectivity index (χ2n) is 4.62. The number of benzene rings is 1. The lowest BCUT2D eigenvalue weighted by molar-refractivity contribution is 0.105. The van der Waals surface area contributed by atoms with Crippen LogP contribution in [0, 0.1) is 11.6 Å². The number of hydrogen-bond donors (Lipinski definition) is 0. The summed E-state index contributed by atoms with van der Waals surface area (Å²) in [6.07, 6.45) is -0.0244. The largest absolute Gasteiger partial charge is 0.450 e. The molecule has 1 aromatic rings. The van der Waals surface area contributed by atoms with Crippen molar-refractivity contribution in [2.24, 2.45) is 0 Å². The van der Waals surface area contributed by atoms with E-state index < -0.39 is 17.7 Å². The number of nitrogens with zero attached hydrogens (tertiary/aromatic N) is 2. The molecule has 0 aromatic heterocycles. The molecular formula is C14H16F2N2O3. The summed E-state index contributed by atoms with van der Waals surface area (Å²) in [6, 6.07) is 2.01. The van der Waals surface area contributed by atoms with Crippen molar-refractivity contribution in [3.05, 3.63) is 29.3 Å². The van der Waals surface area contributed by atoms with Crippen LogP contribution in [0.5, 0.6) is 0 Å². The molecule has 1 fully saturated rings. The highest BCUT2D eigenvalue weighted by atomic mass is 19.1. The summed E-state index contributed by atoms with van der Waals surface area (Å²) in [7, 11) is 0. The van der Waals surface area contributed by atoms with Crippen LogP contribution in [0.15, 0.2) is 12.1 Å². The fraction of sp³-hybridized carbons (Fsp3) is 0.429. The van der Waals surface area contributed by atoms with Gasteiger partial charge >= 0.3 is 6.09 Å². The first-order valence-electron chi connectivity index (χ1n) is 6.67. The van der Waals surface area contributed by atoms with Crippen molar-refractivity contribution in [2.75, 3.05) is 37.7 Å². The minimum atomic E-state index is -0.776. The van der Waals surface area contributed by atoms with Crippen LogP contribution in [0.3, 0.4) is 0 Å². The van der Waals surface area contributed by atoms with Gasteiger partial charge in [0.15, 0.2) is 0 Å². The van der Waals surface area contributed by atoms with Crippen molar-refractivity contribution in [3.8, 4) is 0 Å². The van der Waals surface area contributed by atoms with Gasteiger partial charge in [-0.15, -0.1) is 0 Å².